The Morgan fingerprint density at radius 3 is 2.61 bits per heavy atom. The summed E-state index contributed by atoms with van der Waals surface area (Å²) in [5.41, 5.74) is 3.42. The molecular formula is C23H26N4O. The second-order valence-electron chi connectivity index (χ2n) is 7.78. The van der Waals surface area contributed by atoms with Crippen molar-refractivity contribution in [1.29, 1.82) is 5.41 Å². The van der Waals surface area contributed by atoms with Gasteiger partial charge < -0.3 is 10.3 Å². The molecule has 0 spiro atoms. The first-order chi connectivity index (χ1) is 13.5. The topological polar surface area (TPSA) is 62.0 Å². The summed E-state index contributed by atoms with van der Waals surface area (Å²) in [6.45, 7) is 2.02. The zero-order chi connectivity index (χ0) is 19.7. The molecule has 0 radical (unpaired) electrons. The fraction of sp³-hybridized carbons (Fsp3) is 0.348. The van der Waals surface area contributed by atoms with E-state index >= 15 is 0 Å². The maximum Gasteiger partial charge on any atom is 0.253 e. The van der Waals surface area contributed by atoms with E-state index in [4.69, 9.17) is 5.41 Å². The SMILES string of the molecule is C[C@H](CC(=N)C1CCC1)N(C)C(=O)c1ccc(-n2ncc3ccccc32)cc1. The van der Waals surface area contributed by atoms with Crippen LogP contribution in [0, 0.1) is 11.3 Å². The van der Waals surface area contributed by atoms with Gasteiger partial charge in [0.1, 0.15) is 0 Å². The molecule has 1 aromatic heterocycles. The fourth-order valence-electron chi connectivity index (χ4n) is 3.71. The van der Waals surface area contributed by atoms with Crippen molar-refractivity contribution in [2.45, 2.75) is 38.6 Å². The van der Waals surface area contributed by atoms with Crippen molar-refractivity contribution < 1.29 is 4.79 Å². The molecule has 1 amide bonds. The maximum atomic E-state index is 12.9. The van der Waals surface area contributed by atoms with Gasteiger partial charge in [-0.05, 0) is 56.0 Å². The first kappa shape index (κ1) is 18.4. The predicted molar refractivity (Wildman–Crippen MR) is 112 cm³/mol. The molecule has 5 heteroatoms. The van der Waals surface area contributed by atoms with Gasteiger partial charge in [-0.1, -0.05) is 24.6 Å². The number of carbonyl (C=O) groups excluding carboxylic acids is 1. The molecule has 144 valence electrons. The first-order valence-electron chi connectivity index (χ1n) is 9.92. The van der Waals surface area contributed by atoms with E-state index in [1.54, 1.807) is 4.90 Å². The van der Waals surface area contributed by atoms with Crippen molar-refractivity contribution in [3.05, 3.63) is 60.3 Å². The average molecular weight is 374 g/mol. The zero-order valence-electron chi connectivity index (χ0n) is 16.4. The third-order valence-corrected chi connectivity index (χ3v) is 5.93. The largest absolute Gasteiger partial charge is 0.339 e. The second kappa shape index (κ2) is 7.58. The highest BCUT2D eigenvalue weighted by molar-refractivity contribution is 5.95. The van der Waals surface area contributed by atoms with Crippen LogP contribution in [-0.2, 0) is 0 Å². The first-order valence-corrected chi connectivity index (χ1v) is 9.92. The molecule has 2 aromatic carbocycles. The molecule has 1 aliphatic rings. The fourth-order valence-corrected chi connectivity index (χ4v) is 3.71. The molecule has 1 fully saturated rings. The van der Waals surface area contributed by atoms with E-state index in [1.807, 2.05) is 73.4 Å². The standard InChI is InChI=1S/C23H26N4O/c1-16(14-21(24)17-7-5-8-17)26(2)23(28)18-10-12-20(13-11-18)27-22-9-4-3-6-19(22)15-25-27/h3-4,6,9-13,15-17,24H,5,7-8,14H2,1-2H3/t16-/m1/s1. The summed E-state index contributed by atoms with van der Waals surface area (Å²) in [7, 11) is 1.83. The summed E-state index contributed by atoms with van der Waals surface area (Å²) in [5.74, 6) is 0.430. The Hall–Kier alpha value is -2.95. The van der Waals surface area contributed by atoms with E-state index in [1.165, 1.54) is 6.42 Å². The lowest BCUT2D eigenvalue weighted by Gasteiger charge is -2.31. The van der Waals surface area contributed by atoms with E-state index in [0.29, 0.717) is 17.9 Å². The van der Waals surface area contributed by atoms with Gasteiger partial charge in [-0.3, -0.25) is 4.79 Å². The monoisotopic (exact) mass is 374 g/mol. The number of benzene rings is 2. The molecule has 1 saturated carbocycles. The Labute approximate surface area is 165 Å². The van der Waals surface area contributed by atoms with Gasteiger partial charge in [-0.15, -0.1) is 0 Å². The van der Waals surface area contributed by atoms with Gasteiger partial charge in [-0.25, -0.2) is 4.68 Å². The molecule has 1 heterocycles. The molecular weight excluding hydrogens is 348 g/mol. The number of nitrogens with zero attached hydrogens (tertiary/aromatic N) is 3. The number of hydrogen-bond donors (Lipinski definition) is 1. The molecule has 1 aliphatic carbocycles. The maximum absolute atomic E-state index is 12.9. The van der Waals surface area contributed by atoms with Crippen LogP contribution in [0.5, 0.6) is 0 Å². The molecule has 1 N–H and O–H groups in total. The second-order valence-corrected chi connectivity index (χ2v) is 7.78. The Morgan fingerprint density at radius 1 is 1.21 bits per heavy atom. The van der Waals surface area contributed by atoms with Crippen molar-refractivity contribution >= 4 is 22.5 Å². The van der Waals surface area contributed by atoms with Gasteiger partial charge in [0.05, 0.1) is 17.4 Å². The van der Waals surface area contributed by atoms with Gasteiger partial charge in [0, 0.05) is 36.2 Å². The summed E-state index contributed by atoms with van der Waals surface area (Å²) >= 11 is 0. The van der Waals surface area contributed by atoms with E-state index in [9.17, 15) is 4.79 Å². The number of amides is 1. The molecule has 1 atom stereocenters. The number of para-hydroxylation sites is 1. The third-order valence-electron chi connectivity index (χ3n) is 5.93. The van der Waals surface area contributed by atoms with Crippen molar-refractivity contribution in [3.8, 4) is 5.69 Å². The van der Waals surface area contributed by atoms with Gasteiger partial charge in [0.15, 0.2) is 0 Å². The van der Waals surface area contributed by atoms with E-state index in [2.05, 4.69) is 5.10 Å². The highest BCUT2D eigenvalue weighted by Crippen LogP contribution is 2.29. The number of fused-ring (bicyclic) bond motifs is 1. The molecule has 0 aliphatic heterocycles. The van der Waals surface area contributed by atoms with Crippen LogP contribution in [0.4, 0.5) is 0 Å². The van der Waals surface area contributed by atoms with Gasteiger partial charge in [-0.2, -0.15) is 5.10 Å². The van der Waals surface area contributed by atoms with Gasteiger partial charge >= 0.3 is 0 Å². The lowest BCUT2D eigenvalue weighted by Crippen LogP contribution is -2.38. The van der Waals surface area contributed by atoms with Crippen LogP contribution in [0.25, 0.3) is 16.6 Å². The number of nitrogens with one attached hydrogen (secondary N) is 1. The predicted octanol–water partition coefficient (Wildman–Crippen LogP) is 4.70. The molecule has 0 unspecified atom stereocenters. The third kappa shape index (κ3) is 3.44. The van der Waals surface area contributed by atoms with Crippen LogP contribution < -0.4 is 0 Å². The Kier molecular flexibility index (Phi) is 4.99. The van der Waals surface area contributed by atoms with Crippen LogP contribution in [0.1, 0.15) is 43.0 Å². The highest BCUT2D eigenvalue weighted by Gasteiger charge is 2.25. The van der Waals surface area contributed by atoms with Gasteiger partial charge in [0.25, 0.3) is 5.91 Å². The van der Waals surface area contributed by atoms with Crippen molar-refractivity contribution in [1.82, 2.24) is 14.7 Å². The number of aromatic nitrogens is 2. The Morgan fingerprint density at radius 2 is 1.93 bits per heavy atom. The van der Waals surface area contributed by atoms with Crippen molar-refractivity contribution in [2.24, 2.45) is 5.92 Å². The average Bonchev–Trinajstić information content (AvgIpc) is 3.09. The Bertz CT molecular complexity index is 1000. The van der Waals surface area contributed by atoms with Crippen LogP contribution in [0.3, 0.4) is 0 Å². The quantitative estimate of drug-likeness (QED) is 0.636. The minimum atomic E-state index is -0.00853. The lowest BCUT2D eigenvalue weighted by atomic mass is 9.80. The van der Waals surface area contributed by atoms with Crippen LogP contribution >= 0.6 is 0 Å². The summed E-state index contributed by atoms with van der Waals surface area (Å²) in [5, 5.41) is 13.8. The minimum Gasteiger partial charge on any atom is -0.339 e. The number of rotatable bonds is 6. The number of hydrogen-bond acceptors (Lipinski definition) is 3. The molecule has 0 bridgehead atoms. The molecule has 0 saturated heterocycles. The lowest BCUT2D eigenvalue weighted by molar-refractivity contribution is 0.0746. The summed E-state index contributed by atoms with van der Waals surface area (Å²) in [6, 6.07) is 15.7. The van der Waals surface area contributed by atoms with E-state index < -0.39 is 0 Å². The van der Waals surface area contributed by atoms with Crippen molar-refractivity contribution in [2.75, 3.05) is 7.05 Å². The highest BCUT2D eigenvalue weighted by atomic mass is 16.2. The van der Waals surface area contributed by atoms with Gasteiger partial charge in [0.2, 0.25) is 0 Å². The molecule has 3 aromatic rings. The summed E-state index contributed by atoms with van der Waals surface area (Å²) in [6.07, 6.45) is 6.00. The van der Waals surface area contributed by atoms with Crippen LogP contribution in [0.2, 0.25) is 0 Å². The molecule has 4 rings (SSSR count). The van der Waals surface area contributed by atoms with E-state index in [0.717, 1.165) is 35.1 Å². The van der Waals surface area contributed by atoms with Crippen molar-refractivity contribution in [3.63, 3.8) is 0 Å². The van der Waals surface area contributed by atoms with Crippen LogP contribution in [-0.4, -0.2) is 39.4 Å². The smallest absolute Gasteiger partial charge is 0.253 e. The van der Waals surface area contributed by atoms with Crippen LogP contribution in [0.15, 0.2) is 54.7 Å². The minimum absolute atomic E-state index is 0.00853. The molecule has 28 heavy (non-hydrogen) atoms. The summed E-state index contributed by atoms with van der Waals surface area (Å²) in [4.78, 5) is 14.6. The number of carbonyl (C=O) groups is 1. The summed E-state index contributed by atoms with van der Waals surface area (Å²) < 4.78 is 1.88. The zero-order valence-corrected chi connectivity index (χ0v) is 16.4. The normalized spacial score (nSPS) is 15.2. The Balaban J connectivity index is 1.46. The van der Waals surface area contributed by atoms with E-state index in [-0.39, 0.29) is 11.9 Å². The molecule has 5 nitrogen and oxygen atoms in total.